The van der Waals surface area contributed by atoms with Gasteiger partial charge in [-0.25, -0.2) is 8.78 Å². The van der Waals surface area contributed by atoms with Gasteiger partial charge in [0.1, 0.15) is 11.6 Å². The molecule has 1 aromatic carbocycles. The average molecular weight is 361 g/mol. The Morgan fingerprint density at radius 2 is 1.86 bits per heavy atom. The molecule has 0 aromatic heterocycles. The Morgan fingerprint density at radius 1 is 1.19 bits per heavy atom. The van der Waals surface area contributed by atoms with Crippen molar-refractivity contribution in [2.45, 2.75) is 45.4 Å². The fraction of sp³-hybridized carbons (Fsp3) is 0.647. The number of aliphatic hydroxyl groups excluding tert-OH is 1. The summed E-state index contributed by atoms with van der Waals surface area (Å²) in [6.45, 7) is 2.26. The molecule has 0 spiro atoms. The van der Waals surface area contributed by atoms with Gasteiger partial charge in [-0.15, -0.1) is 0 Å². The zero-order valence-electron chi connectivity index (χ0n) is 12.4. The third-order valence-corrected chi connectivity index (χ3v) is 5.55. The minimum absolute atomic E-state index is 0.0258. The summed E-state index contributed by atoms with van der Waals surface area (Å²) in [5, 5.41) is 9.65. The van der Waals surface area contributed by atoms with Crippen LogP contribution in [0.4, 0.5) is 8.78 Å². The molecule has 118 valence electrons. The van der Waals surface area contributed by atoms with Crippen LogP contribution in [0.5, 0.6) is 0 Å². The van der Waals surface area contributed by atoms with Gasteiger partial charge in [-0.05, 0) is 70.6 Å². The molecule has 1 unspecified atom stereocenters. The lowest BCUT2D eigenvalue weighted by atomic mass is 9.73. The van der Waals surface area contributed by atoms with Gasteiger partial charge in [0, 0.05) is 6.61 Å². The fourth-order valence-corrected chi connectivity index (χ4v) is 3.77. The molecule has 21 heavy (non-hydrogen) atoms. The maximum Gasteiger partial charge on any atom is 0.137 e. The van der Waals surface area contributed by atoms with Crippen LogP contribution in [0.1, 0.15) is 44.6 Å². The van der Waals surface area contributed by atoms with Crippen LogP contribution in [-0.4, -0.2) is 11.7 Å². The molecular weight excluding hydrogens is 338 g/mol. The van der Waals surface area contributed by atoms with E-state index in [9.17, 15) is 13.9 Å². The maximum atomic E-state index is 13.9. The minimum Gasteiger partial charge on any atom is -0.396 e. The molecule has 1 aliphatic carbocycles. The van der Waals surface area contributed by atoms with Crippen molar-refractivity contribution >= 4 is 15.9 Å². The van der Waals surface area contributed by atoms with Crippen molar-refractivity contribution in [1.82, 2.24) is 0 Å². The molecule has 0 heterocycles. The van der Waals surface area contributed by atoms with Crippen molar-refractivity contribution in [3.05, 3.63) is 33.8 Å². The summed E-state index contributed by atoms with van der Waals surface area (Å²) in [4.78, 5) is 0. The highest BCUT2D eigenvalue weighted by Gasteiger charge is 2.27. The molecule has 1 atom stereocenters. The first kappa shape index (κ1) is 16.9. The van der Waals surface area contributed by atoms with E-state index in [0.29, 0.717) is 17.9 Å². The van der Waals surface area contributed by atoms with E-state index in [4.69, 9.17) is 0 Å². The molecule has 2 rings (SSSR count). The second kappa shape index (κ2) is 7.68. The van der Waals surface area contributed by atoms with Crippen LogP contribution in [0.3, 0.4) is 0 Å². The highest BCUT2D eigenvalue weighted by Crippen LogP contribution is 2.36. The Kier molecular flexibility index (Phi) is 6.18. The molecular formula is C17H23BrF2O. The zero-order valence-corrected chi connectivity index (χ0v) is 14.0. The second-order valence-corrected chi connectivity index (χ2v) is 7.05. The summed E-state index contributed by atoms with van der Waals surface area (Å²) in [5.41, 5.74) is 0.368. The summed E-state index contributed by atoms with van der Waals surface area (Å²) in [6, 6.07) is 2.42. The lowest BCUT2D eigenvalue weighted by molar-refractivity contribution is 0.129. The molecule has 1 aromatic rings. The van der Waals surface area contributed by atoms with Crippen LogP contribution in [-0.2, 0) is 6.42 Å². The van der Waals surface area contributed by atoms with E-state index in [-0.39, 0.29) is 17.0 Å². The van der Waals surface area contributed by atoms with Crippen molar-refractivity contribution in [2.24, 2.45) is 17.8 Å². The number of benzene rings is 1. The van der Waals surface area contributed by atoms with E-state index in [1.165, 1.54) is 31.4 Å². The van der Waals surface area contributed by atoms with Crippen molar-refractivity contribution in [3.8, 4) is 0 Å². The smallest absolute Gasteiger partial charge is 0.137 e. The van der Waals surface area contributed by atoms with Crippen LogP contribution in [0, 0.1) is 29.4 Å². The second-order valence-electron chi connectivity index (χ2n) is 6.19. The fourth-order valence-electron chi connectivity index (χ4n) is 3.45. The quantitative estimate of drug-likeness (QED) is 0.724. The summed E-state index contributed by atoms with van der Waals surface area (Å²) >= 11 is 2.99. The van der Waals surface area contributed by atoms with Crippen molar-refractivity contribution in [2.75, 3.05) is 6.61 Å². The van der Waals surface area contributed by atoms with E-state index < -0.39 is 11.6 Å². The predicted octanol–water partition coefficient (Wildman–Crippen LogP) is 5.09. The summed E-state index contributed by atoms with van der Waals surface area (Å²) < 4.78 is 27.7. The number of rotatable bonds is 5. The lowest BCUT2D eigenvalue weighted by Gasteiger charge is -2.33. The number of aliphatic hydroxyl groups is 1. The van der Waals surface area contributed by atoms with Crippen molar-refractivity contribution in [3.63, 3.8) is 0 Å². The molecule has 1 nitrogen and oxygen atoms in total. The third kappa shape index (κ3) is 4.26. The first-order chi connectivity index (χ1) is 10.0. The molecule has 0 saturated heterocycles. The van der Waals surface area contributed by atoms with Crippen LogP contribution >= 0.6 is 15.9 Å². The van der Waals surface area contributed by atoms with Gasteiger partial charge in [0.15, 0.2) is 0 Å². The third-order valence-electron chi connectivity index (χ3n) is 4.94. The van der Waals surface area contributed by atoms with Crippen LogP contribution in [0.2, 0.25) is 0 Å². The summed E-state index contributed by atoms with van der Waals surface area (Å²) in [7, 11) is 0. The normalized spacial score (nSPS) is 24.0. The van der Waals surface area contributed by atoms with Gasteiger partial charge in [-0.2, -0.15) is 0 Å². The largest absolute Gasteiger partial charge is 0.396 e. The van der Waals surface area contributed by atoms with E-state index in [2.05, 4.69) is 22.9 Å². The summed E-state index contributed by atoms with van der Waals surface area (Å²) in [5.74, 6) is 0.394. The van der Waals surface area contributed by atoms with E-state index in [0.717, 1.165) is 18.8 Å². The number of hydrogen-bond donors (Lipinski definition) is 1. The molecule has 4 heteroatoms. The Balaban J connectivity index is 2.04. The topological polar surface area (TPSA) is 20.2 Å². The van der Waals surface area contributed by atoms with Crippen LogP contribution in [0.15, 0.2) is 16.6 Å². The minimum atomic E-state index is -0.446. The number of halogens is 3. The van der Waals surface area contributed by atoms with Gasteiger partial charge < -0.3 is 5.11 Å². The molecule has 0 aliphatic heterocycles. The van der Waals surface area contributed by atoms with Gasteiger partial charge in [0.05, 0.1) is 4.47 Å². The van der Waals surface area contributed by atoms with Crippen molar-refractivity contribution in [1.29, 1.82) is 0 Å². The molecule has 0 bridgehead atoms. The van der Waals surface area contributed by atoms with Gasteiger partial charge in [-0.3, -0.25) is 0 Å². The van der Waals surface area contributed by atoms with E-state index in [1.54, 1.807) is 0 Å². The van der Waals surface area contributed by atoms with Gasteiger partial charge in [0.25, 0.3) is 0 Å². The monoisotopic (exact) mass is 360 g/mol. The molecule has 1 N–H and O–H groups in total. The van der Waals surface area contributed by atoms with E-state index >= 15 is 0 Å². The predicted molar refractivity (Wildman–Crippen MR) is 84.1 cm³/mol. The molecule has 0 radical (unpaired) electrons. The van der Waals surface area contributed by atoms with E-state index in [1.807, 2.05) is 0 Å². The molecule has 1 saturated carbocycles. The molecule has 1 fully saturated rings. The molecule has 0 amide bonds. The SMILES string of the molecule is CCC1CCC(C(CO)Cc2cc(F)c(Br)cc2F)CC1. The lowest BCUT2D eigenvalue weighted by Crippen LogP contribution is -2.26. The maximum absolute atomic E-state index is 13.9. The Bertz CT molecular complexity index is 470. The first-order valence-corrected chi connectivity index (χ1v) is 8.58. The highest BCUT2D eigenvalue weighted by atomic mass is 79.9. The highest BCUT2D eigenvalue weighted by molar-refractivity contribution is 9.10. The Morgan fingerprint density at radius 3 is 2.43 bits per heavy atom. The summed E-state index contributed by atoms with van der Waals surface area (Å²) in [6.07, 6.45) is 6.18. The van der Waals surface area contributed by atoms with Crippen LogP contribution in [0.25, 0.3) is 0 Å². The van der Waals surface area contributed by atoms with Crippen LogP contribution < -0.4 is 0 Å². The Hall–Kier alpha value is -0.480. The first-order valence-electron chi connectivity index (χ1n) is 7.79. The van der Waals surface area contributed by atoms with Gasteiger partial charge in [0.2, 0.25) is 0 Å². The average Bonchev–Trinajstić information content (AvgIpc) is 2.50. The Labute approximate surface area is 133 Å². The number of hydrogen-bond acceptors (Lipinski definition) is 1. The van der Waals surface area contributed by atoms with Gasteiger partial charge in [-0.1, -0.05) is 26.2 Å². The van der Waals surface area contributed by atoms with Gasteiger partial charge >= 0.3 is 0 Å². The standard InChI is InChI=1S/C17H23BrF2O/c1-2-11-3-5-12(6-4-11)14(10-21)7-13-8-17(20)15(18)9-16(13)19/h8-9,11-12,14,21H,2-7,10H2,1H3. The zero-order chi connectivity index (χ0) is 15.4. The molecule has 1 aliphatic rings. The van der Waals surface area contributed by atoms with Crippen molar-refractivity contribution < 1.29 is 13.9 Å².